The van der Waals surface area contributed by atoms with Crippen LogP contribution in [0.1, 0.15) is 32.6 Å². The van der Waals surface area contributed by atoms with Gasteiger partial charge in [0.1, 0.15) is 11.2 Å². The van der Waals surface area contributed by atoms with Crippen molar-refractivity contribution in [2.24, 2.45) is 34.5 Å². The Morgan fingerprint density at radius 1 is 1.00 bits per heavy atom. The number of nitrogens with zero attached hydrogens (tertiary/aromatic N) is 1. The minimum absolute atomic E-state index is 0.0262. The Labute approximate surface area is 203 Å². The number of aliphatic hydroxyl groups is 2. The highest BCUT2D eigenvalue weighted by Crippen LogP contribution is 2.80. The van der Waals surface area contributed by atoms with E-state index >= 15 is 0 Å². The van der Waals surface area contributed by atoms with Gasteiger partial charge in [0.15, 0.2) is 0 Å². The molecule has 6 rings (SSSR count). The van der Waals surface area contributed by atoms with Crippen molar-refractivity contribution in [1.82, 2.24) is 4.90 Å². The minimum Gasteiger partial charge on any atom is -0.386 e. The second-order valence-electron chi connectivity index (χ2n) is 12.1. The molecule has 8 nitrogen and oxygen atoms in total. The van der Waals surface area contributed by atoms with Crippen LogP contribution in [0.5, 0.6) is 0 Å². The topological polar surface area (TPSA) is 89.9 Å². The fourth-order valence-electron chi connectivity index (χ4n) is 11.3. The van der Waals surface area contributed by atoms with Crippen LogP contribution in [0.2, 0.25) is 0 Å². The van der Waals surface area contributed by atoms with Gasteiger partial charge in [-0.15, -0.1) is 0 Å². The quantitative estimate of drug-likeness (QED) is 0.555. The first-order valence-corrected chi connectivity index (χ1v) is 13.1. The Bertz CT molecular complexity index is 829. The summed E-state index contributed by atoms with van der Waals surface area (Å²) in [5.41, 5.74) is -3.38. The van der Waals surface area contributed by atoms with Crippen molar-refractivity contribution in [3.63, 3.8) is 0 Å². The van der Waals surface area contributed by atoms with E-state index in [1.54, 1.807) is 28.4 Å². The molecule has 1 heterocycles. The van der Waals surface area contributed by atoms with Crippen LogP contribution >= 0.6 is 0 Å². The molecule has 0 aromatic carbocycles. The van der Waals surface area contributed by atoms with Gasteiger partial charge >= 0.3 is 0 Å². The molecule has 194 valence electrons. The van der Waals surface area contributed by atoms with Gasteiger partial charge in [-0.2, -0.15) is 0 Å². The van der Waals surface area contributed by atoms with Crippen LogP contribution < -0.4 is 0 Å². The molecule has 13 atom stereocenters. The number of piperidine rings is 1. The first kappa shape index (κ1) is 24.0. The summed E-state index contributed by atoms with van der Waals surface area (Å²) in [6.45, 7) is 4.41. The number of likely N-dealkylation sites (tertiary alicyclic amines) is 1. The van der Waals surface area contributed by atoms with E-state index in [-0.39, 0.29) is 58.9 Å². The lowest BCUT2D eigenvalue weighted by atomic mass is 9.42. The largest absolute Gasteiger partial charge is 0.386 e. The van der Waals surface area contributed by atoms with Gasteiger partial charge < -0.3 is 33.9 Å². The monoisotopic (exact) mass is 481 g/mol. The van der Waals surface area contributed by atoms with Crippen LogP contribution in [0.4, 0.5) is 0 Å². The average molecular weight is 482 g/mol. The Hall–Kier alpha value is -0.320. The summed E-state index contributed by atoms with van der Waals surface area (Å²) in [6, 6.07) is -0.256. The normalized spacial score (nSPS) is 59.5. The average Bonchev–Trinajstić information content (AvgIpc) is 3.25. The zero-order valence-corrected chi connectivity index (χ0v) is 21.5. The lowest BCUT2D eigenvalue weighted by Gasteiger charge is -2.70. The molecule has 1 spiro atoms. The maximum absolute atomic E-state index is 13.1. The third-order valence-electron chi connectivity index (χ3n) is 11.7. The zero-order valence-electron chi connectivity index (χ0n) is 21.5. The lowest BCUT2D eigenvalue weighted by molar-refractivity contribution is -0.320. The molecule has 0 radical (unpaired) electrons. The SMILES string of the molecule is CCN1CC2(COC)CCC(OC)C34C5CC6C(OC)CC(O)(C5C6OC)C(O)(C(OC)C23)C14. The van der Waals surface area contributed by atoms with Crippen molar-refractivity contribution in [3.8, 4) is 0 Å². The van der Waals surface area contributed by atoms with Crippen LogP contribution in [-0.2, 0) is 23.7 Å². The first-order chi connectivity index (χ1) is 16.3. The fourth-order valence-corrected chi connectivity index (χ4v) is 11.3. The summed E-state index contributed by atoms with van der Waals surface area (Å²) >= 11 is 0. The number of hydrogen-bond acceptors (Lipinski definition) is 8. The molecule has 0 aromatic rings. The van der Waals surface area contributed by atoms with Gasteiger partial charge in [-0.1, -0.05) is 6.92 Å². The Morgan fingerprint density at radius 3 is 2.35 bits per heavy atom. The molecule has 8 heteroatoms. The highest BCUT2D eigenvalue weighted by molar-refractivity contribution is 5.41. The van der Waals surface area contributed by atoms with E-state index < -0.39 is 17.3 Å². The fraction of sp³-hybridized carbons (Fsp3) is 1.00. The predicted octanol–water partition coefficient (Wildman–Crippen LogP) is 0.925. The summed E-state index contributed by atoms with van der Waals surface area (Å²) in [7, 11) is 8.77. The number of likely N-dealkylation sites (N-methyl/N-ethyl adjacent to an activating group) is 1. The van der Waals surface area contributed by atoms with E-state index in [4.69, 9.17) is 23.7 Å². The van der Waals surface area contributed by atoms with E-state index in [1.807, 2.05) is 7.11 Å². The molecule has 0 amide bonds. The first-order valence-electron chi connectivity index (χ1n) is 13.1. The number of methoxy groups -OCH3 is 5. The number of fused-ring (bicyclic) bond motifs is 2. The molecule has 6 fully saturated rings. The zero-order chi connectivity index (χ0) is 24.3. The molecule has 1 saturated heterocycles. The van der Waals surface area contributed by atoms with E-state index in [0.29, 0.717) is 13.0 Å². The maximum atomic E-state index is 13.1. The van der Waals surface area contributed by atoms with Crippen molar-refractivity contribution in [1.29, 1.82) is 0 Å². The van der Waals surface area contributed by atoms with Gasteiger partial charge in [0.25, 0.3) is 0 Å². The van der Waals surface area contributed by atoms with Crippen molar-refractivity contribution >= 4 is 0 Å². The molecule has 7 bridgehead atoms. The van der Waals surface area contributed by atoms with Gasteiger partial charge in [-0.3, -0.25) is 4.90 Å². The van der Waals surface area contributed by atoms with E-state index in [9.17, 15) is 10.2 Å². The predicted molar refractivity (Wildman–Crippen MR) is 123 cm³/mol. The molecule has 1 aliphatic heterocycles. The molecular weight excluding hydrogens is 438 g/mol. The highest BCUT2D eigenvalue weighted by Gasteiger charge is 2.91. The summed E-state index contributed by atoms with van der Waals surface area (Å²) in [5.74, 6) is 0.165. The van der Waals surface area contributed by atoms with E-state index in [2.05, 4.69) is 11.8 Å². The van der Waals surface area contributed by atoms with Gasteiger partial charge in [0.2, 0.25) is 0 Å². The molecule has 2 N–H and O–H groups in total. The molecule has 6 aliphatic rings. The van der Waals surface area contributed by atoms with Gasteiger partial charge in [-0.25, -0.2) is 0 Å². The summed E-state index contributed by atoms with van der Waals surface area (Å²) < 4.78 is 30.7. The van der Waals surface area contributed by atoms with Crippen LogP contribution in [-0.4, -0.2) is 112 Å². The van der Waals surface area contributed by atoms with Gasteiger partial charge in [0.05, 0.1) is 37.1 Å². The van der Waals surface area contributed by atoms with E-state index in [1.165, 1.54) is 0 Å². The second kappa shape index (κ2) is 7.60. The molecule has 0 aromatic heterocycles. The van der Waals surface area contributed by atoms with Crippen LogP contribution in [0.25, 0.3) is 0 Å². The summed E-state index contributed by atoms with van der Waals surface area (Å²) in [5, 5.41) is 25.9. The van der Waals surface area contributed by atoms with Gasteiger partial charge in [0, 0.05) is 77.1 Å². The number of hydrogen-bond donors (Lipinski definition) is 2. The van der Waals surface area contributed by atoms with Crippen molar-refractivity contribution in [2.75, 3.05) is 55.2 Å². The Kier molecular flexibility index (Phi) is 5.38. The Morgan fingerprint density at radius 2 is 1.76 bits per heavy atom. The third kappa shape index (κ3) is 2.27. The smallest absolute Gasteiger partial charge is 0.136 e. The van der Waals surface area contributed by atoms with Crippen molar-refractivity contribution in [3.05, 3.63) is 0 Å². The standard InChI is InChI=1S/C26H43NO7/c1-7-27-12-23(13-30-2)9-8-17(32-4)25-15-10-14-16(31-3)11-24(28,18(15)19(14)33-5)26(29,22(25)27)21(34-6)20(23)25/h14-22,28-29H,7-13H2,1-6H3. The molecule has 5 aliphatic carbocycles. The van der Waals surface area contributed by atoms with Crippen LogP contribution in [0, 0.1) is 34.5 Å². The Balaban J connectivity index is 1.67. The van der Waals surface area contributed by atoms with E-state index in [0.717, 1.165) is 32.4 Å². The van der Waals surface area contributed by atoms with Crippen molar-refractivity contribution in [2.45, 2.75) is 74.3 Å². The second-order valence-corrected chi connectivity index (χ2v) is 12.1. The van der Waals surface area contributed by atoms with Crippen LogP contribution in [0.15, 0.2) is 0 Å². The summed E-state index contributed by atoms with van der Waals surface area (Å²) in [6.07, 6.45) is 2.30. The number of rotatable bonds is 7. The van der Waals surface area contributed by atoms with Gasteiger partial charge in [-0.05, 0) is 31.7 Å². The number of ether oxygens (including phenoxy) is 5. The van der Waals surface area contributed by atoms with Crippen LogP contribution in [0.3, 0.4) is 0 Å². The molecular formula is C26H43NO7. The molecule has 5 saturated carbocycles. The maximum Gasteiger partial charge on any atom is 0.136 e. The lowest BCUT2D eigenvalue weighted by Crippen LogP contribution is -2.82. The molecule has 13 unspecified atom stereocenters. The summed E-state index contributed by atoms with van der Waals surface area (Å²) in [4.78, 5) is 2.43. The third-order valence-corrected chi connectivity index (χ3v) is 11.7. The van der Waals surface area contributed by atoms with Crippen molar-refractivity contribution < 1.29 is 33.9 Å². The minimum atomic E-state index is -1.47. The highest BCUT2D eigenvalue weighted by atomic mass is 16.5. The molecule has 34 heavy (non-hydrogen) atoms.